The van der Waals surface area contributed by atoms with E-state index in [4.69, 9.17) is 5.73 Å². The maximum absolute atomic E-state index is 12.6. The summed E-state index contributed by atoms with van der Waals surface area (Å²) in [4.78, 5) is 27.0. The van der Waals surface area contributed by atoms with E-state index < -0.39 is 0 Å². The molecule has 3 rings (SSSR count). The first-order valence-electron chi connectivity index (χ1n) is 9.85. The number of nitrogens with zero attached hydrogens (tertiary/aromatic N) is 1. The van der Waals surface area contributed by atoms with Gasteiger partial charge in [-0.3, -0.25) is 9.59 Å². The Hall–Kier alpha value is -1.59. The van der Waals surface area contributed by atoms with Crippen molar-refractivity contribution < 1.29 is 9.59 Å². The third kappa shape index (κ3) is 5.69. The van der Waals surface area contributed by atoms with Gasteiger partial charge in [0.1, 0.15) is 0 Å². The normalized spacial score (nSPS) is 19.7. The number of halogens is 1. The van der Waals surface area contributed by atoms with Gasteiger partial charge < -0.3 is 16.0 Å². The van der Waals surface area contributed by atoms with Crippen LogP contribution >= 0.6 is 12.4 Å². The van der Waals surface area contributed by atoms with Crippen LogP contribution in [-0.2, 0) is 16.0 Å². The lowest BCUT2D eigenvalue weighted by atomic mass is 9.91. The van der Waals surface area contributed by atoms with Crippen molar-refractivity contribution in [3.05, 3.63) is 35.9 Å². The summed E-state index contributed by atoms with van der Waals surface area (Å²) >= 11 is 0. The number of benzene rings is 1. The maximum atomic E-state index is 12.6. The number of rotatable bonds is 7. The first kappa shape index (κ1) is 21.7. The predicted octanol–water partition coefficient (Wildman–Crippen LogP) is 2.52. The fourth-order valence-corrected chi connectivity index (χ4v) is 3.87. The van der Waals surface area contributed by atoms with Crippen LogP contribution in [0.1, 0.15) is 44.6 Å². The molecule has 1 aromatic carbocycles. The molecule has 3 N–H and O–H groups in total. The van der Waals surface area contributed by atoms with Gasteiger partial charge in [0.25, 0.3) is 0 Å². The largest absolute Gasteiger partial charge is 0.349 e. The highest BCUT2D eigenvalue weighted by atomic mass is 35.5. The van der Waals surface area contributed by atoms with E-state index in [2.05, 4.69) is 24.4 Å². The molecule has 1 unspecified atom stereocenters. The molecule has 2 aliphatic rings. The molecule has 1 saturated heterocycles. The van der Waals surface area contributed by atoms with Crippen LogP contribution in [0.25, 0.3) is 0 Å². The Morgan fingerprint density at radius 1 is 1.15 bits per heavy atom. The zero-order valence-electron chi connectivity index (χ0n) is 16.2. The lowest BCUT2D eigenvalue weighted by Crippen LogP contribution is -2.55. The van der Waals surface area contributed by atoms with Gasteiger partial charge in [-0.2, -0.15) is 0 Å². The summed E-state index contributed by atoms with van der Waals surface area (Å²) in [6.07, 6.45) is 5.11. The quantitative estimate of drug-likeness (QED) is 0.747. The molecule has 1 saturated carbocycles. The molecule has 0 radical (unpaired) electrons. The number of aryl methyl sites for hydroxylation is 1. The van der Waals surface area contributed by atoms with Crippen LogP contribution in [0.3, 0.4) is 0 Å². The van der Waals surface area contributed by atoms with Crippen molar-refractivity contribution in [2.45, 2.75) is 51.0 Å². The third-order valence-corrected chi connectivity index (χ3v) is 6.00. The molecule has 0 bridgehead atoms. The summed E-state index contributed by atoms with van der Waals surface area (Å²) in [7, 11) is 0. The Labute approximate surface area is 168 Å². The standard InChI is InChI=1S/C21H31N3O2.ClH/c1-21(15-22,18-8-9-18)23-20(26)17-11-13-24(14-12-17)19(25)10-7-16-5-3-2-4-6-16;/h2-6,17-18H,7-15,22H2,1H3,(H,23,26);1H. The van der Waals surface area contributed by atoms with E-state index in [9.17, 15) is 9.59 Å². The number of nitrogens with one attached hydrogen (secondary N) is 1. The second-order valence-corrected chi connectivity index (χ2v) is 8.03. The van der Waals surface area contributed by atoms with Crippen molar-refractivity contribution in [2.24, 2.45) is 17.6 Å². The minimum absolute atomic E-state index is 0. The molecule has 2 amide bonds. The molecule has 1 heterocycles. The summed E-state index contributed by atoms with van der Waals surface area (Å²) in [6.45, 7) is 3.90. The van der Waals surface area contributed by atoms with E-state index in [-0.39, 0.29) is 35.7 Å². The van der Waals surface area contributed by atoms with Crippen LogP contribution in [-0.4, -0.2) is 41.9 Å². The second kappa shape index (κ2) is 9.56. The first-order chi connectivity index (χ1) is 12.5. The van der Waals surface area contributed by atoms with Crippen molar-refractivity contribution in [2.75, 3.05) is 19.6 Å². The summed E-state index contributed by atoms with van der Waals surface area (Å²) in [5.74, 6) is 0.827. The molecular formula is C21H32ClN3O2. The minimum Gasteiger partial charge on any atom is -0.349 e. The number of hydrogen-bond donors (Lipinski definition) is 2. The topological polar surface area (TPSA) is 75.4 Å². The van der Waals surface area contributed by atoms with Gasteiger partial charge in [0.15, 0.2) is 0 Å². The SMILES string of the molecule is CC(CN)(NC(=O)C1CCN(C(=O)CCc2ccccc2)CC1)C1CC1.Cl. The predicted molar refractivity (Wildman–Crippen MR) is 110 cm³/mol. The van der Waals surface area contributed by atoms with Crippen molar-refractivity contribution in [1.29, 1.82) is 0 Å². The van der Waals surface area contributed by atoms with Crippen molar-refractivity contribution in [3.63, 3.8) is 0 Å². The van der Waals surface area contributed by atoms with E-state index in [1.54, 1.807) is 0 Å². The summed E-state index contributed by atoms with van der Waals surface area (Å²) < 4.78 is 0. The van der Waals surface area contributed by atoms with E-state index >= 15 is 0 Å². The monoisotopic (exact) mass is 393 g/mol. The number of amides is 2. The van der Waals surface area contributed by atoms with Gasteiger partial charge in [-0.1, -0.05) is 30.3 Å². The second-order valence-electron chi connectivity index (χ2n) is 8.03. The van der Waals surface area contributed by atoms with Crippen molar-refractivity contribution >= 4 is 24.2 Å². The average molecular weight is 394 g/mol. The van der Waals surface area contributed by atoms with E-state index in [0.29, 0.717) is 32.0 Å². The Morgan fingerprint density at radius 2 is 1.78 bits per heavy atom. The summed E-state index contributed by atoms with van der Waals surface area (Å²) in [6, 6.07) is 10.1. The van der Waals surface area contributed by atoms with Gasteiger partial charge in [0, 0.05) is 32.0 Å². The first-order valence-corrected chi connectivity index (χ1v) is 9.85. The summed E-state index contributed by atoms with van der Waals surface area (Å²) in [5.41, 5.74) is 6.83. The molecule has 1 aromatic rings. The minimum atomic E-state index is -0.264. The molecule has 0 aromatic heterocycles. The Morgan fingerprint density at radius 3 is 2.33 bits per heavy atom. The van der Waals surface area contributed by atoms with Crippen LogP contribution in [0.5, 0.6) is 0 Å². The zero-order valence-corrected chi connectivity index (χ0v) is 17.0. The van der Waals surface area contributed by atoms with E-state index in [1.165, 1.54) is 5.56 Å². The number of nitrogens with two attached hydrogens (primary N) is 1. The Balaban J connectivity index is 0.00000261. The lowest BCUT2D eigenvalue weighted by molar-refractivity contribution is -0.136. The Kier molecular flexibility index (Phi) is 7.68. The molecule has 5 nitrogen and oxygen atoms in total. The number of carbonyl (C=O) groups excluding carboxylic acids is 2. The fourth-order valence-electron chi connectivity index (χ4n) is 3.87. The highest BCUT2D eigenvalue weighted by molar-refractivity contribution is 5.85. The number of carbonyl (C=O) groups is 2. The number of hydrogen-bond acceptors (Lipinski definition) is 3. The molecule has 6 heteroatoms. The molecule has 27 heavy (non-hydrogen) atoms. The number of piperidine rings is 1. The van der Waals surface area contributed by atoms with Crippen LogP contribution < -0.4 is 11.1 Å². The molecule has 1 aliphatic carbocycles. The molecule has 1 atom stereocenters. The smallest absolute Gasteiger partial charge is 0.223 e. The van der Waals surface area contributed by atoms with Crippen LogP contribution in [0, 0.1) is 11.8 Å². The zero-order chi connectivity index (χ0) is 18.6. The van der Waals surface area contributed by atoms with Gasteiger partial charge in [-0.15, -0.1) is 12.4 Å². The van der Waals surface area contributed by atoms with Gasteiger partial charge in [0.2, 0.25) is 11.8 Å². The molecule has 0 spiro atoms. The third-order valence-electron chi connectivity index (χ3n) is 6.00. The van der Waals surface area contributed by atoms with E-state index in [1.807, 2.05) is 23.1 Å². The van der Waals surface area contributed by atoms with Crippen molar-refractivity contribution in [1.82, 2.24) is 10.2 Å². The molecule has 150 valence electrons. The molecular weight excluding hydrogens is 362 g/mol. The maximum Gasteiger partial charge on any atom is 0.223 e. The van der Waals surface area contributed by atoms with Crippen LogP contribution in [0.2, 0.25) is 0 Å². The highest BCUT2D eigenvalue weighted by Crippen LogP contribution is 2.39. The molecule has 2 fully saturated rings. The van der Waals surface area contributed by atoms with Crippen molar-refractivity contribution in [3.8, 4) is 0 Å². The Bertz CT molecular complexity index is 628. The summed E-state index contributed by atoms with van der Waals surface area (Å²) in [5, 5.41) is 3.20. The molecule has 1 aliphatic heterocycles. The lowest BCUT2D eigenvalue weighted by Gasteiger charge is -2.35. The number of likely N-dealkylation sites (tertiary alicyclic amines) is 1. The van der Waals surface area contributed by atoms with Gasteiger partial charge in [-0.25, -0.2) is 0 Å². The van der Waals surface area contributed by atoms with Crippen LogP contribution in [0.15, 0.2) is 30.3 Å². The van der Waals surface area contributed by atoms with Crippen LogP contribution in [0.4, 0.5) is 0 Å². The van der Waals surface area contributed by atoms with Gasteiger partial charge >= 0.3 is 0 Å². The average Bonchev–Trinajstić information content (AvgIpc) is 3.52. The van der Waals surface area contributed by atoms with Gasteiger partial charge in [0.05, 0.1) is 5.54 Å². The highest BCUT2D eigenvalue weighted by Gasteiger charge is 2.42. The van der Waals surface area contributed by atoms with E-state index in [0.717, 1.165) is 32.1 Å². The van der Waals surface area contributed by atoms with Gasteiger partial charge in [-0.05, 0) is 50.5 Å². The fraction of sp³-hybridized carbons (Fsp3) is 0.619.